The molecule has 1 aromatic heterocycles. The van der Waals surface area contributed by atoms with Gasteiger partial charge in [0.15, 0.2) is 6.29 Å². The molecule has 0 unspecified atom stereocenters. The SMILES string of the molecule is O=Cc1cnc(F)c(-c2cccc(Cl)c2Cl)c1. The van der Waals surface area contributed by atoms with E-state index in [0.29, 0.717) is 16.9 Å². The lowest BCUT2D eigenvalue weighted by molar-refractivity contribution is 0.112. The summed E-state index contributed by atoms with van der Waals surface area (Å²) in [6.07, 6.45) is 1.75. The van der Waals surface area contributed by atoms with Gasteiger partial charge in [0.05, 0.1) is 10.0 Å². The van der Waals surface area contributed by atoms with E-state index in [9.17, 15) is 9.18 Å². The van der Waals surface area contributed by atoms with Crippen LogP contribution in [-0.2, 0) is 0 Å². The predicted octanol–water partition coefficient (Wildman–Crippen LogP) is 4.01. The number of aldehydes is 1. The van der Waals surface area contributed by atoms with Crippen LogP contribution in [0.1, 0.15) is 10.4 Å². The van der Waals surface area contributed by atoms with Gasteiger partial charge in [-0.15, -0.1) is 0 Å². The Morgan fingerprint density at radius 3 is 2.71 bits per heavy atom. The molecule has 0 spiro atoms. The minimum Gasteiger partial charge on any atom is -0.298 e. The topological polar surface area (TPSA) is 30.0 Å². The number of carbonyl (C=O) groups is 1. The second-order valence-corrected chi connectivity index (χ2v) is 4.11. The van der Waals surface area contributed by atoms with E-state index >= 15 is 0 Å². The number of benzene rings is 1. The number of hydrogen-bond acceptors (Lipinski definition) is 2. The normalized spacial score (nSPS) is 10.3. The van der Waals surface area contributed by atoms with Gasteiger partial charge >= 0.3 is 0 Å². The monoisotopic (exact) mass is 269 g/mol. The third-order valence-electron chi connectivity index (χ3n) is 2.24. The van der Waals surface area contributed by atoms with Gasteiger partial charge in [0.1, 0.15) is 0 Å². The van der Waals surface area contributed by atoms with Crippen LogP contribution in [0.25, 0.3) is 11.1 Å². The number of hydrogen-bond donors (Lipinski definition) is 0. The zero-order chi connectivity index (χ0) is 12.4. The number of aromatic nitrogens is 1. The fourth-order valence-electron chi connectivity index (χ4n) is 1.43. The fraction of sp³-hybridized carbons (Fsp3) is 0. The highest BCUT2D eigenvalue weighted by molar-refractivity contribution is 6.43. The van der Waals surface area contributed by atoms with Crippen LogP contribution in [0.4, 0.5) is 4.39 Å². The van der Waals surface area contributed by atoms with Crippen molar-refractivity contribution in [1.82, 2.24) is 4.98 Å². The summed E-state index contributed by atoms with van der Waals surface area (Å²) in [6, 6.07) is 6.24. The molecule has 0 atom stereocenters. The molecule has 0 saturated carbocycles. The summed E-state index contributed by atoms with van der Waals surface area (Å²) in [5.41, 5.74) is 0.840. The first kappa shape index (κ1) is 12.0. The first-order valence-electron chi connectivity index (χ1n) is 4.68. The van der Waals surface area contributed by atoms with Gasteiger partial charge in [0, 0.05) is 22.9 Å². The summed E-state index contributed by atoms with van der Waals surface area (Å²) in [5.74, 6) is -0.695. The Labute approximate surface area is 107 Å². The van der Waals surface area contributed by atoms with Crippen molar-refractivity contribution < 1.29 is 9.18 Å². The smallest absolute Gasteiger partial charge is 0.220 e. The van der Waals surface area contributed by atoms with Gasteiger partial charge in [-0.3, -0.25) is 4.79 Å². The maximum absolute atomic E-state index is 13.6. The molecule has 1 heterocycles. The molecule has 2 aromatic rings. The maximum atomic E-state index is 13.6. The van der Waals surface area contributed by atoms with Gasteiger partial charge in [-0.1, -0.05) is 35.3 Å². The fourth-order valence-corrected chi connectivity index (χ4v) is 1.83. The molecule has 5 heteroatoms. The highest BCUT2D eigenvalue weighted by Gasteiger charge is 2.12. The lowest BCUT2D eigenvalue weighted by atomic mass is 10.1. The Hall–Kier alpha value is -1.45. The van der Waals surface area contributed by atoms with Crippen LogP contribution in [-0.4, -0.2) is 11.3 Å². The van der Waals surface area contributed by atoms with Crippen LogP contribution in [0.5, 0.6) is 0 Å². The van der Waals surface area contributed by atoms with Crippen LogP contribution in [0, 0.1) is 5.95 Å². The van der Waals surface area contributed by atoms with Crippen LogP contribution >= 0.6 is 23.2 Å². The molecule has 0 fully saturated rings. The van der Waals surface area contributed by atoms with Crippen molar-refractivity contribution in [3.05, 3.63) is 52.0 Å². The highest BCUT2D eigenvalue weighted by atomic mass is 35.5. The molecule has 0 bridgehead atoms. The van der Waals surface area contributed by atoms with Crippen LogP contribution in [0.2, 0.25) is 10.0 Å². The number of rotatable bonds is 2. The summed E-state index contributed by atoms with van der Waals surface area (Å²) in [5, 5.41) is 0.554. The Balaban J connectivity index is 2.67. The van der Waals surface area contributed by atoms with Gasteiger partial charge < -0.3 is 0 Å². The average molecular weight is 270 g/mol. The first-order valence-corrected chi connectivity index (χ1v) is 5.44. The molecule has 0 amide bonds. The summed E-state index contributed by atoms with van der Waals surface area (Å²) >= 11 is 11.8. The minimum absolute atomic E-state index is 0.155. The lowest BCUT2D eigenvalue weighted by Crippen LogP contribution is -1.93. The summed E-state index contributed by atoms with van der Waals surface area (Å²) in [6.45, 7) is 0. The van der Waals surface area contributed by atoms with E-state index in [4.69, 9.17) is 23.2 Å². The molecule has 1 aromatic carbocycles. The second-order valence-electron chi connectivity index (χ2n) is 3.33. The van der Waals surface area contributed by atoms with Gasteiger partial charge in [-0.2, -0.15) is 4.39 Å². The summed E-state index contributed by atoms with van der Waals surface area (Å²) in [7, 11) is 0. The first-order chi connectivity index (χ1) is 8.13. The molecular weight excluding hydrogens is 264 g/mol. The largest absolute Gasteiger partial charge is 0.298 e. The van der Waals surface area contributed by atoms with Crippen molar-refractivity contribution in [2.24, 2.45) is 0 Å². The maximum Gasteiger partial charge on any atom is 0.220 e. The molecular formula is C12H6Cl2FNO. The lowest BCUT2D eigenvalue weighted by Gasteiger charge is -2.07. The number of nitrogens with zero attached hydrogens (tertiary/aromatic N) is 1. The number of pyridine rings is 1. The van der Waals surface area contributed by atoms with Crippen LogP contribution < -0.4 is 0 Å². The van der Waals surface area contributed by atoms with Crippen molar-refractivity contribution in [1.29, 1.82) is 0 Å². The van der Waals surface area contributed by atoms with Gasteiger partial charge in [-0.25, -0.2) is 4.98 Å². The molecule has 17 heavy (non-hydrogen) atoms. The Morgan fingerprint density at radius 2 is 2.00 bits per heavy atom. The van der Waals surface area contributed by atoms with Crippen LogP contribution in [0.3, 0.4) is 0 Å². The van der Waals surface area contributed by atoms with Crippen molar-refractivity contribution in [3.63, 3.8) is 0 Å². The van der Waals surface area contributed by atoms with E-state index in [2.05, 4.69) is 4.98 Å². The molecule has 0 aliphatic rings. The van der Waals surface area contributed by atoms with E-state index in [1.54, 1.807) is 18.2 Å². The van der Waals surface area contributed by atoms with Gasteiger partial charge in [0.2, 0.25) is 5.95 Å². The van der Waals surface area contributed by atoms with E-state index < -0.39 is 5.95 Å². The summed E-state index contributed by atoms with van der Waals surface area (Å²) < 4.78 is 13.6. The van der Waals surface area contributed by atoms with Crippen molar-refractivity contribution >= 4 is 29.5 Å². The van der Waals surface area contributed by atoms with Crippen molar-refractivity contribution in [3.8, 4) is 11.1 Å². The van der Waals surface area contributed by atoms with Crippen molar-refractivity contribution in [2.45, 2.75) is 0 Å². The van der Waals surface area contributed by atoms with Crippen LogP contribution in [0.15, 0.2) is 30.5 Å². The molecule has 0 aliphatic carbocycles. The molecule has 0 saturated heterocycles. The predicted molar refractivity (Wildman–Crippen MR) is 65.0 cm³/mol. The third kappa shape index (κ3) is 2.30. The molecule has 0 aliphatic heterocycles. The zero-order valence-electron chi connectivity index (χ0n) is 8.45. The van der Waals surface area contributed by atoms with E-state index in [1.165, 1.54) is 6.07 Å². The molecule has 2 nitrogen and oxygen atoms in total. The molecule has 86 valence electrons. The third-order valence-corrected chi connectivity index (χ3v) is 3.06. The van der Waals surface area contributed by atoms with Crippen molar-refractivity contribution in [2.75, 3.05) is 0 Å². The quantitative estimate of drug-likeness (QED) is 0.609. The molecule has 2 rings (SSSR count). The Bertz CT molecular complexity index is 587. The molecule has 0 radical (unpaired) electrons. The number of halogens is 3. The number of carbonyl (C=O) groups excluding carboxylic acids is 1. The van der Waals surface area contributed by atoms with Gasteiger partial charge in [0.25, 0.3) is 0 Å². The highest BCUT2D eigenvalue weighted by Crippen LogP contribution is 2.34. The van der Waals surface area contributed by atoms with E-state index in [-0.39, 0.29) is 16.1 Å². The van der Waals surface area contributed by atoms with E-state index in [1.807, 2.05) is 0 Å². The minimum atomic E-state index is -0.695. The Morgan fingerprint density at radius 1 is 1.24 bits per heavy atom. The Kier molecular flexibility index (Phi) is 3.41. The standard InChI is InChI=1S/C12H6Cl2FNO/c13-10-3-1-2-8(11(10)14)9-4-7(6-17)5-16-12(9)15/h1-6H. The average Bonchev–Trinajstić information content (AvgIpc) is 2.34. The van der Waals surface area contributed by atoms with E-state index in [0.717, 1.165) is 6.20 Å². The zero-order valence-corrected chi connectivity index (χ0v) is 9.97. The molecule has 0 N–H and O–H groups in total. The van der Waals surface area contributed by atoms with Gasteiger partial charge in [-0.05, 0) is 12.1 Å². The second kappa shape index (κ2) is 4.82. The summed E-state index contributed by atoms with van der Waals surface area (Å²) in [4.78, 5) is 14.1.